The number of likely N-dealkylation sites (N-methyl/N-ethyl adjacent to an activating group) is 1. The number of nitrogens with one attached hydrogen (secondary N) is 1. The Morgan fingerprint density at radius 2 is 1.66 bits per heavy atom. The predicted octanol–water partition coefficient (Wildman–Crippen LogP) is 2.87. The Kier molecular flexibility index (Phi) is 7.28. The van der Waals surface area contributed by atoms with Crippen molar-refractivity contribution in [3.05, 3.63) is 65.7 Å². The van der Waals surface area contributed by atoms with Gasteiger partial charge in [0.25, 0.3) is 5.91 Å². The molecule has 156 valence electrons. The number of para-hydroxylation sites is 1. The highest BCUT2D eigenvalue weighted by atomic mass is 32.2. The monoisotopic (exact) mass is 415 g/mol. The Hall–Kier alpha value is -2.38. The average Bonchev–Trinajstić information content (AvgIpc) is 2.75. The van der Waals surface area contributed by atoms with E-state index in [0.717, 1.165) is 24.9 Å². The molecule has 1 fully saturated rings. The van der Waals surface area contributed by atoms with Crippen LogP contribution in [0.3, 0.4) is 0 Å². The third kappa shape index (κ3) is 6.05. The van der Waals surface area contributed by atoms with Gasteiger partial charge in [-0.1, -0.05) is 36.8 Å². The highest BCUT2D eigenvalue weighted by Crippen LogP contribution is 2.17. The molecule has 0 saturated carbocycles. The molecule has 0 unspecified atom stereocenters. The van der Waals surface area contributed by atoms with Crippen molar-refractivity contribution in [3.63, 3.8) is 0 Å². The molecule has 1 aliphatic rings. The van der Waals surface area contributed by atoms with Crippen LogP contribution in [0.1, 0.15) is 35.2 Å². The van der Waals surface area contributed by atoms with Crippen molar-refractivity contribution < 1.29 is 13.2 Å². The lowest BCUT2D eigenvalue weighted by molar-refractivity contribution is 0.0954. The number of rotatable bonds is 8. The molecule has 0 bridgehead atoms. The molecule has 1 N–H and O–H groups in total. The van der Waals surface area contributed by atoms with Crippen LogP contribution >= 0.6 is 0 Å². The zero-order chi connectivity index (χ0) is 20.7. The molecule has 1 saturated heterocycles. The van der Waals surface area contributed by atoms with Crippen molar-refractivity contribution in [2.24, 2.45) is 0 Å². The van der Waals surface area contributed by atoms with Crippen LogP contribution in [0, 0.1) is 0 Å². The molecular formula is C22H29N3O3S. The number of carbonyl (C=O) groups excluding carboxylic acids is 1. The summed E-state index contributed by atoms with van der Waals surface area (Å²) in [5, 5.41) is 2.91. The number of piperidine rings is 1. The summed E-state index contributed by atoms with van der Waals surface area (Å²) in [5.41, 5.74) is 2.34. The van der Waals surface area contributed by atoms with Gasteiger partial charge in [-0.25, -0.2) is 12.7 Å². The van der Waals surface area contributed by atoms with Gasteiger partial charge in [0.1, 0.15) is 0 Å². The van der Waals surface area contributed by atoms with Crippen molar-refractivity contribution in [1.82, 2.24) is 9.62 Å². The van der Waals surface area contributed by atoms with Crippen molar-refractivity contribution in [2.75, 3.05) is 38.1 Å². The lowest BCUT2D eigenvalue weighted by Gasteiger charge is -2.25. The summed E-state index contributed by atoms with van der Waals surface area (Å²) in [5.74, 6) is -0.173. The Morgan fingerprint density at radius 1 is 1.00 bits per heavy atom. The first-order valence-corrected chi connectivity index (χ1v) is 11.7. The third-order valence-corrected chi connectivity index (χ3v) is 7.05. The quantitative estimate of drug-likeness (QED) is 0.720. The zero-order valence-corrected chi connectivity index (χ0v) is 17.7. The largest absolute Gasteiger partial charge is 0.373 e. The van der Waals surface area contributed by atoms with Crippen LogP contribution in [0.25, 0.3) is 0 Å². The number of anilines is 1. The number of hydrogen-bond acceptors (Lipinski definition) is 4. The Bertz CT molecular complexity index is 893. The third-order valence-electron chi connectivity index (χ3n) is 5.20. The van der Waals surface area contributed by atoms with E-state index in [4.69, 9.17) is 0 Å². The van der Waals surface area contributed by atoms with Crippen LogP contribution in [0.4, 0.5) is 5.69 Å². The van der Waals surface area contributed by atoms with Gasteiger partial charge in [-0.2, -0.15) is 0 Å². The molecule has 2 aromatic rings. The highest BCUT2D eigenvalue weighted by Gasteiger charge is 2.24. The van der Waals surface area contributed by atoms with E-state index in [-0.39, 0.29) is 11.7 Å². The molecule has 0 spiro atoms. The highest BCUT2D eigenvalue weighted by molar-refractivity contribution is 7.88. The summed E-state index contributed by atoms with van der Waals surface area (Å²) >= 11 is 0. The van der Waals surface area contributed by atoms with Crippen molar-refractivity contribution in [3.8, 4) is 0 Å². The fraction of sp³-hybridized carbons (Fsp3) is 0.409. The number of benzene rings is 2. The lowest BCUT2D eigenvalue weighted by Crippen LogP contribution is -2.36. The van der Waals surface area contributed by atoms with Crippen LogP contribution in [0.5, 0.6) is 0 Å². The van der Waals surface area contributed by atoms with Gasteiger partial charge in [0, 0.05) is 44.5 Å². The SMILES string of the molecule is CN(CCNC(=O)c1ccc(CS(=O)(=O)N2CCCCC2)cc1)c1ccccc1. The molecule has 1 aliphatic heterocycles. The fourth-order valence-corrected chi connectivity index (χ4v) is 5.06. The van der Waals surface area contributed by atoms with Gasteiger partial charge in [0.2, 0.25) is 10.0 Å². The number of sulfonamides is 1. The molecule has 1 heterocycles. The standard InChI is InChI=1S/C22H29N3O3S/c1-24(21-8-4-2-5-9-21)17-14-23-22(26)20-12-10-19(11-13-20)18-29(27,28)25-15-6-3-7-16-25/h2,4-5,8-13H,3,6-7,14-18H2,1H3,(H,23,26). The molecule has 0 aromatic heterocycles. The molecule has 0 radical (unpaired) electrons. The average molecular weight is 416 g/mol. The smallest absolute Gasteiger partial charge is 0.251 e. The van der Waals surface area contributed by atoms with Crippen LogP contribution in [-0.4, -0.2) is 51.9 Å². The van der Waals surface area contributed by atoms with Gasteiger partial charge in [-0.15, -0.1) is 0 Å². The van der Waals surface area contributed by atoms with Crippen LogP contribution in [-0.2, 0) is 15.8 Å². The number of nitrogens with zero attached hydrogens (tertiary/aromatic N) is 2. The minimum absolute atomic E-state index is 0.0171. The molecular weight excluding hydrogens is 386 g/mol. The van der Waals surface area contributed by atoms with Crippen molar-refractivity contribution in [2.45, 2.75) is 25.0 Å². The molecule has 2 aromatic carbocycles. The molecule has 3 rings (SSSR count). The van der Waals surface area contributed by atoms with Gasteiger partial charge in [0.15, 0.2) is 0 Å². The van der Waals surface area contributed by atoms with E-state index >= 15 is 0 Å². The Balaban J connectivity index is 1.49. The maximum atomic E-state index is 12.5. The maximum Gasteiger partial charge on any atom is 0.251 e. The van der Waals surface area contributed by atoms with Gasteiger partial charge in [0.05, 0.1) is 5.75 Å². The number of amides is 1. The van der Waals surface area contributed by atoms with Crippen molar-refractivity contribution >= 4 is 21.6 Å². The summed E-state index contributed by atoms with van der Waals surface area (Å²) in [4.78, 5) is 14.4. The fourth-order valence-electron chi connectivity index (χ4n) is 3.45. The maximum absolute atomic E-state index is 12.5. The second-order valence-corrected chi connectivity index (χ2v) is 9.39. The van der Waals surface area contributed by atoms with E-state index in [1.807, 2.05) is 37.4 Å². The van der Waals surface area contributed by atoms with E-state index in [2.05, 4.69) is 10.2 Å². The summed E-state index contributed by atoms with van der Waals surface area (Å²) in [6.45, 7) is 2.44. The van der Waals surface area contributed by atoms with Gasteiger partial charge >= 0.3 is 0 Å². The van der Waals surface area contributed by atoms with Crippen molar-refractivity contribution in [1.29, 1.82) is 0 Å². The minimum Gasteiger partial charge on any atom is -0.373 e. The summed E-state index contributed by atoms with van der Waals surface area (Å²) in [7, 11) is -1.31. The first-order chi connectivity index (χ1) is 14.0. The Morgan fingerprint density at radius 3 is 2.31 bits per heavy atom. The first-order valence-electron chi connectivity index (χ1n) is 10.1. The Labute approximate surface area is 173 Å². The van der Waals surface area contributed by atoms with E-state index in [1.54, 1.807) is 28.6 Å². The normalized spacial score (nSPS) is 15.1. The molecule has 29 heavy (non-hydrogen) atoms. The number of carbonyl (C=O) groups is 1. The van der Waals surface area contributed by atoms with Gasteiger partial charge < -0.3 is 10.2 Å². The first kappa shape index (κ1) is 21.3. The van der Waals surface area contributed by atoms with Gasteiger partial charge in [-0.05, 0) is 42.7 Å². The minimum atomic E-state index is -3.29. The number of hydrogen-bond donors (Lipinski definition) is 1. The summed E-state index contributed by atoms with van der Waals surface area (Å²) in [6, 6.07) is 16.8. The van der Waals surface area contributed by atoms with Crippen LogP contribution in [0.15, 0.2) is 54.6 Å². The van der Waals surface area contributed by atoms with Gasteiger partial charge in [-0.3, -0.25) is 4.79 Å². The van der Waals surface area contributed by atoms with Crippen LogP contribution in [0.2, 0.25) is 0 Å². The van der Waals surface area contributed by atoms with E-state index in [1.165, 1.54) is 0 Å². The van der Waals surface area contributed by atoms with Crippen LogP contribution < -0.4 is 10.2 Å². The predicted molar refractivity (Wildman–Crippen MR) is 117 cm³/mol. The second-order valence-electron chi connectivity index (χ2n) is 7.43. The lowest BCUT2D eigenvalue weighted by atomic mass is 10.1. The zero-order valence-electron chi connectivity index (χ0n) is 16.9. The summed E-state index contributed by atoms with van der Waals surface area (Å²) in [6.07, 6.45) is 2.95. The molecule has 0 atom stereocenters. The molecule has 1 amide bonds. The topological polar surface area (TPSA) is 69.7 Å². The van der Waals surface area contributed by atoms with E-state index < -0.39 is 10.0 Å². The second kappa shape index (κ2) is 9.89. The summed E-state index contributed by atoms with van der Waals surface area (Å²) < 4.78 is 26.7. The van der Waals surface area contributed by atoms with E-state index in [9.17, 15) is 13.2 Å². The van der Waals surface area contributed by atoms with E-state index in [0.29, 0.717) is 37.3 Å². The molecule has 0 aliphatic carbocycles. The molecule has 6 nitrogen and oxygen atoms in total. The molecule has 7 heteroatoms.